The number of furan rings is 1. The molecule has 1 aromatic heterocycles. The molecule has 1 unspecified atom stereocenters. The number of hydrogen-bond acceptors (Lipinski definition) is 4. The molecule has 3 aromatic rings. The van der Waals surface area contributed by atoms with Gasteiger partial charge >= 0.3 is 0 Å². The predicted molar refractivity (Wildman–Crippen MR) is 118 cm³/mol. The van der Waals surface area contributed by atoms with Crippen molar-refractivity contribution in [2.75, 3.05) is 4.90 Å². The van der Waals surface area contributed by atoms with Crippen LogP contribution in [0.1, 0.15) is 47.1 Å². The van der Waals surface area contributed by atoms with E-state index >= 15 is 0 Å². The van der Waals surface area contributed by atoms with Crippen molar-refractivity contribution in [3.05, 3.63) is 94.2 Å². The normalized spacial score (nSPS) is 19.9. The number of hydrogen-bond donors (Lipinski definition) is 1. The lowest BCUT2D eigenvalue weighted by Crippen LogP contribution is -2.29. The van der Waals surface area contributed by atoms with Gasteiger partial charge in [-0.05, 0) is 86.2 Å². The van der Waals surface area contributed by atoms with Gasteiger partial charge in [0.2, 0.25) is 0 Å². The maximum Gasteiger partial charge on any atom is 0.300 e. The van der Waals surface area contributed by atoms with Crippen molar-refractivity contribution in [2.24, 2.45) is 0 Å². The molecule has 0 saturated carbocycles. The first-order valence-electron chi connectivity index (χ1n) is 10.7. The average Bonchev–Trinajstić information content (AvgIpc) is 3.34. The summed E-state index contributed by atoms with van der Waals surface area (Å²) in [4.78, 5) is 27.4. The van der Waals surface area contributed by atoms with E-state index in [1.807, 2.05) is 12.1 Å². The molecule has 1 amide bonds. The SMILES string of the molecule is Cc1ccc(C2/C(=C(/O)c3ccc4c(c3)CCCC4)C(=O)C(=O)N2c2ccc(F)cc2)o1. The van der Waals surface area contributed by atoms with Crippen molar-refractivity contribution in [3.63, 3.8) is 0 Å². The second kappa shape index (κ2) is 7.79. The summed E-state index contributed by atoms with van der Waals surface area (Å²) in [6.45, 7) is 1.76. The highest BCUT2D eigenvalue weighted by molar-refractivity contribution is 6.51. The second-order valence-electron chi connectivity index (χ2n) is 8.28. The Morgan fingerprint density at radius 1 is 1.00 bits per heavy atom. The molecule has 1 aliphatic carbocycles. The largest absolute Gasteiger partial charge is 0.507 e. The lowest BCUT2D eigenvalue weighted by atomic mass is 9.89. The molecule has 2 heterocycles. The number of amides is 1. The Kier molecular flexibility index (Phi) is 4.93. The minimum Gasteiger partial charge on any atom is -0.507 e. The van der Waals surface area contributed by atoms with Crippen molar-refractivity contribution in [3.8, 4) is 0 Å². The first-order chi connectivity index (χ1) is 15.4. The zero-order valence-corrected chi connectivity index (χ0v) is 17.6. The number of benzene rings is 2. The van der Waals surface area contributed by atoms with Crippen LogP contribution in [0.4, 0.5) is 10.1 Å². The number of Topliss-reactive ketones (excluding diaryl/α,β-unsaturated/α-hetero) is 1. The first-order valence-corrected chi connectivity index (χ1v) is 10.7. The van der Waals surface area contributed by atoms with Crippen LogP contribution in [0.2, 0.25) is 0 Å². The van der Waals surface area contributed by atoms with Crippen molar-refractivity contribution < 1.29 is 23.5 Å². The number of aliphatic hydroxyl groups is 1. The summed E-state index contributed by atoms with van der Waals surface area (Å²) < 4.78 is 19.3. The molecule has 1 aliphatic heterocycles. The Balaban J connectivity index is 1.68. The predicted octanol–water partition coefficient (Wildman–Crippen LogP) is 5.23. The molecule has 1 saturated heterocycles. The summed E-state index contributed by atoms with van der Waals surface area (Å²) in [5.41, 5.74) is 3.20. The molecule has 32 heavy (non-hydrogen) atoms. The number of halogens is 1. The van der Waals surface area contributed by atoms with Crippen molar-refractivity contribution in [1.29, 1.82) is 0 Å². The molecular weight excluding hydrogens is 409 g/mol. The molecule has 5 nitrogen and oxygen atoms in total. The van der Waals surface area contributed by atoms with E-state index < -0.39 is 23.5 Å². The molecule has 6 heteroatoms. The van der Waals surface area contributed by atoms with Crippen molar-refractivity contribution in [1.82, 2.24) is 0 Å². The van der Waals surface area contributed by atoms with Crippen molar-refractivity contribution >= 4 is 23.1 Å². The standard InChI is InChI=1S/C26H22FNO4/c1-15-6-13-21(32-15)23-22(24(29)18-8-7-16-4-2-3-5-17(16)14-18)25(30)26(31)28(23)20-11-9-19(27)10-12-20/h6-14,23,29H,2-5H2,1H3/b24-22-. The monoisotopic (exact) mass is 431 g/mol. The Hall–Kier alpha value is -3.67. The average molecular weight is 431 g/mol. The van der Waals surface area contributed by atoms with Crippen LogP contribution in [0.3, 0.4) is 0 Å². The van der Waals surface area contributed by atoms with E-state index in [4.69, 9.17) is 4.42 Å². The fourth-order valence-corrected chi connectivity index (χ4v) is 4.61. The van der Waals surface area contributed by atoms with Crippen LogP contribution in [-0.2, 0) is 22.4 Å². The smallest absolute Gasteiger partial charge is 0.300 e. The van der Waals surface area contributed by atoms with Gasteiger partial charge in [-0.2, -0.15) is 0 Å². The van der Waals surface area contributed by atoms with E-state index in [1.165, 1.54) is 34.7 Å². The third-order valence-corrected chi connectivity index (χ3v) is 6.20. The van der Waals surface area contributed by atoms with Gasteiger partial charge in [-0.1, -0.05) is 12.1 Å². The highest BCUT2D eigenvalue weighted by Gasteiger charge is 2.48. The maximum absolute atomic E-state index is 13.5. The van der Waals surface area contributed by atoms with E-state index in [0.717, 1.165) is 31.2 Å². The minimum absolute atomic E-state index is 0.0376. The molecule has 2 aliphatic rings. The summed E-state index contributed by atoms with van der Waals surface area (Å²) in [5, 5.41) is 11.2. The number of aryl methyl sites for hydroxylation is 3. The Bertz CT molecular complexity index is 1260. The van der Waals surface area contributed by atoms with E-state index in [1.54, 1.807) is 25.1 Å². The molecule has 0 radical (unpaired) electrons. The third-order valence-electron chi connectivity index (χ3n) is 6.20. The summed E-state index contributed by atoms with van der Waals surface area (Å²) >= 11 is 0. The van der Waals surface area contributed by atoms with Gasteiger partial charge in [0.1, 0.15) is 29.1 Å². The topological polar surface area (TPSA) is 70.8 Å². The number of ketones is 1. The van der Waals surface area contributed by atoms with Crippen LogP contribution >= 0.6 is 0 Å². The van der Waals surface area contributed by atoms with E-state index in [-0.39, 0.29) is 11.3 Å². The third kappa shape index (κ3) is 3.32. The fraction of sp³-hybridized carbons (Fsp3) is 0.231. The number of carbonyl (C=O) groups excluding carboxylic acids is 2. The van der Waals surface area contributed by atoms with Gasteiger partial charge in [0.25, 0.3) is 11.7 Å². The molecule has 1 N–H and O–H groups in total. The number of fused-ring (bicyclic) bond motifs is 1. The van der Waals surface area contributed by atoms with E-state index in [9.17, 15) is 19.1 Å². The molecule has 0 spiro atoms. The van der Waals surface area contributed by atoms with Crippen LogP contribution in [0.25, 0.3) is 5.76 Å². The number of rotatable bonds is 3. The van der Waals surface area contributed by atoms with Crippen LogP contribution in [0.5, 0.6) is 0 Å². The molecule has 1 fully saturated rings. The Labute approximate surface area is 184 Å². The van der Waals surface area contributed by atoms with Gasteiger partial charge in [0.15, 0.2) is 0 Å². The van der Waals surface area contributed by atoms with Gasteiger partial charge in [-0.3, -0.25) is 14.5 Å². The zero-order valence-electron chi connectivity index (χ0n) is 17.6. The molecule has 1 atom stereocenters. The quantitative estimate of drug-likeness (QED) is 0.350. The van der Waals surface area contributed by atoms with E-state index in [0.29, 0.717) is 22.8 Å². The van der Waals surface area contributed by atoms with Gasteiger partial charge in [0.05, 0.1) is 5.57 Å². The highest BCUT2D eigenvalue weighted by Crippen LogP contribution is 2.43. The minimum atomic E-state index is -0.954. The maximum atomic E-state index is 13.5. The lowest BCUT2D eigenvalue weighted by molar-refractivity contribution is -0.132. The van der Waals surface area contributed by atoms with Gasteiger partial charge < -0.3 is 9.52 Å². The second-order valence-corrected chi connectivity index (χ2v) is 8.28. The number of nitrogens with zero attached hydrogens (tertiary/aromatic N) is 1. The molecule has 5 rings (SSSR count). The number of carbonyl (C=O) groups is 2. The number of anilines is 1. The zero-order chi connectivity index (χ0) is 22.4. The molecular formula is C26H22FNO4. The lowest BCUT2D eigenvalue weighted by Gasteiger charge is -2.23. The summed E-state index contributed by atoms with van der Waals surface area (Å²) in [6.07, 6.45) is 4.13. The van der Waals surface area contributed by atoms with Gasteiger partial charge in [-0.15, -0.1) is 0 Å². The highest BCUT2D eigenvalue weighted by atomic mass is 19.1. The van der Waals surface area contributed by atoms with Crippen LogP contribution in [0.15, 0.2) is 64.6 Å². The number of aliphatic hydroxyl groups excluding tert-OH is 1. The van der Waals surface area contributed by atoms with Crippen LogP contribution in [-0.4, -0.2) is 16.8 Å². The Morgan fingerprint density at radius 2 is 1.72 bits per heavy atom. The van der Waals surface area contributed by atoms with Crippen molar-refractivity contribution in [2.45, 2.75) is 38.6 Å². The summed E-state index contributed by atoms with van der Waals surface area (Å²) in [7, 11) is 0. The van der Waals surface area contributed by atoms with E-state index in [2.05, 4.69) is 0 Å². The first kappa shape index (κ1) is 20.2. The van der Waals surface area contributed by atoms with Crippen LogP contribution < -0.4 is 4.90 Å². The Morgan fingerprint density at radius 3 is 2.41 bits per heavy atom. The molecule has 2 aromatic carbocycles. The fourth-order valence-electron chi connectivity index (χ4n) is 4.61. The molecule has 162 valence electrons. The van der Waals surface area contributed by atoms with Crippen LogP contribution in [0, 0.1) is 12.7 Å². The molecule has 0 bridgehead atoms. The summed E-state index contributed by atoms with van der Waals surface area (Å²) in [5.74, 6) is -1.33. The van der Waals surface area contributed by atoms with Gasteiger partial charge in [-0.25, -0.2) is 4.39 Å². The summed E-state index contributed by atoms with van der Waals surface area (Å²) in [6, 6.07) is 13.4. The van der Waals surface area contributed by atoms with Gasteiger partial charge in [0, 0.05) is 11.3 Å².